The number of aliphatic hydroxyl groups is 1. The number of phenolic OH excluding ortho intramolecular Hbond substituents is 1. The van der Waals surface area contributed by atoms with Crippen LogP contribution in [-0.2, 0) is 0 Å². The molecule has 0 spiro atoms. The van der Waals surface area contributed by atoms with Crippen LogP contribution in [-0.4, -0.2) is 28.3 Å². The maximum atomic E-state index is 12.0. The topological polar surface area (TPSA) is 95.6 Å². The first-order chi connectivity index (χ1) is 8.48. The average molecular weight is 252 g/mol. The Morgan fingerprint density at radius 1 is 1.39 bits per heavy atom. The fourth-order valence-electron chi connectivity index (χ4n) is 1.69. The molecular formula is C13H20N2O3. The lowest BCUT2D eigenvalue weighted by Crippen LogP contribution is -2.50. The monoisotopic (exact) mass is 252 g/mol. The molecule has 0 radical (unpaired) electrons. The van der Waals surface area contributed by atoms with Gasteiger partial charge in [0, 0.05) is 5.56 Å². The van der Waals surface area contributed by atoms with Crippen molar-refractivity contribution in [3.63, 3.8) is 0 Å². The molecule has 1 amide bonds. The van der Waals surface area contributed by atoms with Gasteiger partial charge in [-0.1, -0.05) is 13.8 Å². The molecular weight excluding hydrogens is 232 g/mol. The minimum atomic E-state index is -0.617. The summed E-state index contributed by atoms with van der Waals surface area (Å²) in [6.45, 7) is 3.69. The fraction of sp³-hybridized carbons (Fsp3) is 0.462. The molecule has 0 bridgehead atoms. The Balaban J connectivity index is 2.90. The standard InChI is InChI=1S/C13H20N2O3/c1-3-13(4-2,8-16)15-12(18)9-5-6-10(14)11(17)7-9/h5-7,16-17H,3-4,8,14H2,1-2H3,(H,15,18). The largest absolute Gasteiger partial charge is 0.506 e. The first-order valence-electron chi connectivity index (χ1n) is 6.00. The molecule has 5 N–H and O–H groups in total. The number of nitrogens with two attached hydrogens (primary N) is 1. The predicted molar refractivity (Wildman–Crippen MR) is 70.4 cm³/mol. The minimum Gasteiger partial charge on any atom is -0.506 e. The summed E-state index contributed by atoms with van der Waals surface area (Å²) in [4.78, 5) is 12.0. The van der Waals surface area contributed by atoms with E-state index in [0.717, 1.165) is 0 Å². The van der Waals surface area contributed by atoms with Crippen LogP contribution in [0.25, 0.3) is 0 Å². The molecule has 5 heteroatoms. The number of anilines is 1. The van der Waals surface area contributed by atoms with E-state index in [-0.39, 0.29) is 24.0 Å². The van der Waals surface area contributed by atoms with Crippen LogP contribution in [0.1, 0.15) is 37.0 Å². The number of carbonyl (C=O) groups is 1. The fourth-order valence-corrected chi connectivity index (χ4v) is 1.69. The van der Waals surface area contributed by atoms with Gasteiger partial charge in [0.15, 0.2) is 0 Å². The van der Waals surface area contributed by atoms with E-state index in [1.54, 1.807) is 0 Å². The lowest BCUT2D eigenvalue weighted by Gasteiger charge is -2.30. The van der Waals surface area contributed by atoms with Crippen LogP contribution >= 0.6 is 0 Å². The second kappa shape index (κ2) is 5.73. The molecule has 0 aliphatic rings. The van der Waals surface area contributed by atoms with Crippen molar-refractivity contribution in [1.82, 2.24) is 5.32 Å². The van der Waals surface area contributed by atoms with Crippen molar-refractivity contribution >= 4 is 11.6 Å². The van der Waals surface area contributed by atoms with Crippen molar-refractivity contribution < 1.29 is 15.0 Å². The number of carbonyl (C=O) groups excluding carboxylic acids is 1. The molecule has 1 aromatic carbocycles. The summed E-state index contributed by atoms with van der Waals surface area (Å²) < 4.78 is 0. The number of nitrogen functional groups attached to an aromatic ring is 1. The molecule has 0 unspecified atom stereocenters. The number of nitrogens with one attached hydrogen (secondary N) is 1. The van der Waals surface area contributed by atoms with Crippen LogP contribution in [0.2, 0.25) is 0 Å². The van der Waals surface area contributed by atoms with Crippen LogP contribution in [0.15, 0.2) is 18.2 Å². The van der Waals surface area contributed by atoms with E-state index in [4.69, 9.17) is 5.73 Å². The number of hydrogen-bond donors (Lipinski definition) is 4. The number of phenols is 1. The van der Waals surface area contributed by atoms with Crippen LogP contribution in [0.3, 0.4) is 0 Å². The summed E-state index contributed by atoms with van der Waals surface area (Å²) in [6.07, 6.45) is 1.26. The molecule has 100 valence electrons. The minimum absolute atomic E-state index is 0.118. The van der Waals surface area contributed by atoms with Crippen LogP contribution < -0.4 is 11.1 Å². The van der Waals surface area contributed by atoms with Gasteiger partial charge in [0.25, 0.3) is 5.91 Å². The highest BCUT2D eigenvalue weighted by molar-refractivity contribution is 5.95. The van der Waals surface area contributed by atoms with Crippen LogP contribution in [0.4, 0.5) is 5.69 Å². The van der Waals surface area contributed by atoms with Gasteiger partial charge in [-0.3, -0.25) is 4.79 Å². The third-order valence-electron chi connectivity index (χ3n) is 3.33. The van der Waals surface area contributed by atoms with Crippen molar-refractivity contribution in [3.05, 3.63) is 23.8 Å². The molecule has 0 aliphatic carbocycles. The first-order valence-corrected chi connectivity index (χ1v) is 6.00. The van der Waals surface area contributed by atoms with E-state index in [1.165, 1.54) is 18.2 Å². The van der Waals surface area contributed by atoms with Gasteiger partial charge in [-0.25, -0.2) is 0 Å². The zero-order chi connectivity index (χ0) is 13.8. The van der Waals surface area contributed by atoms with Gasteiger partial charge in [0.05, 0.1) is 17.8 Å². The molecule has 5 nitrogen and oxygen atoms in total. The Hall–Kier alpha value is -1.75. The highest BCUT2D eigenvalue weighted by Gasteiger charge is 2.27. The molecule has 0 aliphatic heterocycles. The Kier molecular flexibility index (Phi) is 4.55. The van der Waals surface area contributed by atoms with Crippen molar-refractivity contribution in [2.75, 3.05) is 12.3 Å². The zero-order valence-electron chi connectivity index (χ0n) is 10.7. The first kappa shape index (κ1) is 14.3. The van der Waals surface area contributed by atoms with E-state index in [2.05, 4.69) is 5.32 Å². The molecule has 0 aromatic heterocycles. The third kappa shape index (κ3) is 2.92. The van der Waals surface area contributed by atoms with E-state index >= 15 is 0 Å². The molecule has 18 heavy (non-hydrogen) atoms. The van der Waals surface area contributed by atoms with E-state index < -0.39 is 5.54 Å². The van der Waals surface area contributed by atoms with Crippen LogP contribution in [0, 0.1) is 0 Å². The smallest absolute Gasteiger partial charge is 0.251 e. The highest BCUT2D eigenvalue weighted by atomic mass is 16.3. The normalized spacial score (nSPS) is 11.3. The highest BCUT2D eigenvalue weighted by Crippen LogP contribution is 2.22. The number of benzene rings is 1. The maximum Gasteiger partial charge on any atom is 0.251 e. The van der Waals surface area contributed by atoms with Gasteiger partial charge in [-0.05, 0) is 31.0 Å². The molecule has 1 aromatic rings. The van der Waals surface area contributed by atoms with E-state index in [1.807, 2.05) is 13.8 Å². The summed E-state index contributed by atoms with van der Waals surface area (Å²) in [7, 11) is 0. The van der Waals surface area contributed by atoms with Gasteiger partial charge in [0.2, 0.25) is 0 Å². The van der Waals surface area contributed by atoms with Gasteiger partial charge < -0.3 is 21.3 Å². The van der Waals surface area contributed by atoms with E-state index in [9.17, 15) is 15.0 Å². The Labute approximate surface area is 107 Å². The maximum absolute atomic E-state index is 12.0. The number of hydrogen-bond acceptors (Lipinski definition) is 4. The lowest BCUT2D eigenvalue weighted by molar-refractivity contribution is 0.0817. The van der Waals surface area contributed by atoms with Gasteiger partial charge in [-0.2, -0.15) is 0 Å². The van der Waals surface area contributed by atoms with Crippen molar-refractivity contribution in [3.8, 4) is 5.75 Å². The summed E-state index contributed by atoms with van der Waals surface area (Å²) in [5.74, 6) is -0.451. The summed E-state index contributed by atoms with van der Waals surface area (Å²) >= 11 is 0. The molecule has 0 heterocycles. The molecule has 0 fully saturated rings. The SMILES string of the molecule is CCC(CC)(CO)NC(=O)c1ccc(N)c(O)c1. The van der Waals surface area contributed by atoms with E-state index in [0.29, 0.717) is 18.4 Å². The van der Waals surface area contributed by atoms with Gasteiger partial charge >= 0.3 is 0 Å². The van der Waals surface area contributed by atoms with Crippen LogP contribution in [0.5, 0.6) is 5.75 Å². The number of rotatable bonds is 5. The third-order valence-corrected chi connectivity index (χ3v) is 3.33. The van der Waals surface area contributed by atoms with Crippen molar-refractivity contribution in [2.45, 2.75) is 32.2 Å². The zero-order valence-corrected chi connectivity index (χ0v) is 10.7. The molecule has 1 rings (SSSR count). The average Bonchev–Trinajstić information content (AvgIpc) is 2.39. The molecule has 0 atom stereocenters. The van der Waals surface area contributed by atoms with Gasteiger partial charge in [-0.15, -0.1) is 0 Å². The number of amides is 1. The quantitative estimate of drug-likeness (QED) is 0.468. The lowest BCUT2D eigenvalue weighted by atomic mass is 9.93. The Morgan fingerprint density at radius 3 is 2.44 bits per heavy atom. The Morgan fingerprint density at radius 2 is 2.00 bits per heavy atom. The molecule has 0 saturated carbocycles. The predicted octanol–water partition coefficient (Wildman–Crippen LogP) is 1.26. The summed E-state index contributed by atoms with van der Waals surface area (Å²) in [5, 5.41) is 21.7. The number of aliphatic hydroxyl groups excluding tert-OH is 1. The second-order valence-electron chi connectivity index (χ2n) is 4.37. The second-order valence-corrected chi connectivity index (χ2v) is 4.37. The summed E-state index contributed by atoms with van der Waals surface area (Å²) in [6, 6.07) is 4.33. The van der Waals surface area contributed by atoms with Crippen molar-refractivity contribution in [2.24, 2.45) is 0 Å². The van der Waals surface area contributed by atoms with Crippen molar-refractivity contribution in [1.29, 1.82) is 0 Å². The number of aromatic hydroxyl groups is 1. The summed E-state index contributed by atoms with van der Waals surface area (Å²) in [5.41, 5.74) is 5.40. The Bertz CT molecular complexity index is 420. The molecule has 0 saturated heterocycles. The van der Waals surface area contributed by atoms with Gasteiger partial charge in [0.1, 0.15) is 5.75 Å².